The van der Waals surface area contributed by atoms with E-state index in [-0.39, 0.29) is 18.5 Å². The number of hydrogen-bond donors (Lipinski definition) is 4. The van der Waals surface area contributed by atoms with Crippen LogP contribution in [0.25, 0.3) is 0 Å². The van der Waals surface area contributed by atoms with Gasteiger partial charge in [0.15, 0.2) is 5.84 Å². The Morgan fingerprint density at radius 2 is 2.06 bits per heavy atom. The van der Waals surface area contributed by atoms with Gasteiger partial charge >= 0.3 is 0 Å². The van der Waals surface area contributed by atoms with Gasteiger partial charge in [-0.25, -0.2) is 0 Å². The van der Waals surface area contributed by atoms with Crippen LogP contribution in [0.1, 0.15) is 32.6 Å². The molecule has 0 amide bonds. The van der Waals surface area contributed by atoms with E-state index in [0.717, 1.165) is 19.4 Å². The fourth-order valence-electron chi connectivity index (χ4n) is 2.31. The van der Waals surface area contributed by atoms with Crippen molar-refractivity contribution < 1.29 is 10.3 Å². The normalized spacial score (nSPS) is 29.0. The average Bonchev–Trinajstić information content (AvgIpc) is 2.35. The fraction of sp³-hybridized carbons (Fsp3) is 0.909. The molecule has 5 heteroatoms. The summed E-state index contributed by atoms with van der Waals surface area (Å²) in [7, 11) is 0. The summed E-state index contributed by atoms with van der Waals surface area (Å²) in [6.07, 6.45) is 4.72. The number of amidine groups is 1. The van der Waals surface area contributed by atoms with Crippen LogP contribution >= 0.6 is 0 Å². The molecule has 5 N–H and O–H groups in total. The lowest BCUT2D eigenvalue weighted by atomic mass is 9.79. The van der Waals surface area contributed by atoms with Crippen LogP contribution in [-0.4, -0.2) is 35.3 Å². The molecule has 0 aromatic heterocycles. The van der Waals surface area contributed by atoms with E-state index in [1.807, 2.05) is 6.92 Å². The first-order chi connectivity index (χ1) is 7.69. The first kappa shape index (κ1) is 13.3. The maximum absolute atomic E-state index is 9.27. The van der Waals surface area contributed by atoms with E-state index in [9.17, 15) is 5.11 Å². The van der Waals surface area contributed by atoms with E-state index in [2.05, 4.69) is 10.5 Å². The molecule has 1 aliphatic rings. The van der Waals surface area contributed by atoms with Gasteiger partial charge in [0.05, 0.1) is 6.04 Å². The summed E-state index contributed by atoms with van der Waals surface area (Å²) in [5.74, 6) is 1.12. The summed E-state index contributed by atoms with van der Waals surface area (Å²) in [6, 6.07) is -0.119. The molecule has 0 aromatic rings. The van der Waals surface area contributed by atoms with Crippen LogP contribution in [0, 0.1) is 11.8 Å². The van der Waals surface area contributed by atoms with Gasteiger partial charge in [-0.1, -0.05) is 18.0 Å². The van der Waals surface area contributed by atoms with E-state index >= 15 is 0 Å². The minimum atomic E-state index is -0.119. The second kappa shape index (κ2) is 6.70. The highest BCUT2D eigenvalue weighted by atomic mass is 16.4. The van der Waals surface area contributed by atoms with Gasteiger partial charge in [-0.3, -0.25) is 0 Å². The Bertz CT molecular complexity index is 233. The van der Waals surface area contributed by atoms with Gasteiger partial charge in [-0.05, 0) is 38.1 Å². The van der Waals surface area contributed by atoms with Crippen LogP contribution < -0.4 is 11.1 Å². The molecule has 0 aromatic carbocycles. The van der Waals surface area contributed by atoms with Crippen LogP contribution in [0.5, 0.6) is 0 Å². The smallest absolute Gasteiger partial charge is 0.156 e. The molecule has 0 aliphatic heterocycles. The molecule has 0 heterocycles. The zero-order valence-corrected chi connectivity index (χ0v) is 9.89. The first-order valence-corrected chi connectivity index (χ1v) is 6.00. The highest BCUT2D eigenvalue weighted by Gasteiger charge is 2.24. The van der Waals surface area contributed by atoms with Gasteiger partial charge in [0.25, 0.3) is 0 Å². The summed E-state index contributed by atoms with van der Waals surface area (Å²) >= 11 is 0. The average molecular weight is 229 g/mol. The predicted octanol–water partition coefficient (Wildman–Crippen LogP) is 0.510. The number of nitrogens with one attached hydrogen (secondary N) is 1. The second-order valence-corrected chi connectivity index (χ2v) is 4.64. The quantitative estimate of drug-likeness (QED) is 0.239. The molecule has 1 saturated carbocycles. The van der Waals surface area contributed by atoms with Crippen molar-refractivity contribution in [2.24, 2.45) is 22.7 Å². The lowest BCUT2D eigenvalue weighted by Gasteiger charge is -2.31. The van der Waals surface area contributed by atoms with Crippen molar-refractivity contribution in [1.29, 1.82) is 0 Å². The third-order valence-corrected chi connectivity index (χ3v) is 3.55. The van der Waals surface area contributed by atoms with Crippen LogP contribution in [0.3, 0.4) is 0 Å². The third-order valence-electron chi connectivity index (χ3n) is 3.55. The summed E-state index contributed by atoms with van der Waals surface area (Å²) in [6.45, 7) is 2.96. The fourth-order valence-corrected chi connectivity index (χ4v) is 2.31. The molecule has 3 atom stereocenters. The summed E-state index contributed by atoms with van der Waals surface area (Å²) in [4.78, 5) is 0. The molecule has 1 rings (SSSR count). The molecular formula is C11H23N3O2. The van der Waals surface area contributed by atoms with Crippen LogP contribution in [-0.2, 0) is 0 Å². The Morgan fingerprint density at radius 1 is 1.44 bits per heavy atom. The maximum atomic E-state index is 9.27. The number of rotatable bonds is 5. The molecule has 94 valence electrons. The van der Waals surface area contributed by atoms with Gasteiger partial charge in [0, 0.05) is 6.61 Å². The molecule has 0 bridgehead atoms. The number of nitrogens with two attached hydrogens (primary N) is 1. The molecule has 0 saturated heterocycles. The molecule has 1 aliphatic carbocycles. The molecule has 0 spiro atoms. The summed E-state index contributed by atoms with van der Waals surface area (Å²) in [5.41, 5.74) is 5.49. The van der Waals surface area contributed by atoms with Gasteiger partial charge in [0.1, 0.15) is 0 Å². The standard InChI is InChI=1S/C11H23N3O2/c1-8(11(12)14-16)13-6-9-4-2-3-5-10(9)7-15/h8-10,13,15-16H,2-7H2,1H3,(H2,12,14). The molecule has 16 heavy (non-hydrogen) atoms. The van der Waals surface area contributed by atoms with E-state index in [1.165, 1.54) is 12.8 Å². The topological polar surface area (TPSA) is 90.9 Å². The number of aliphatic hydroxyl groups is 1. The highest BCUT2D eigenvalue weighted by Crippen LogP contribution is 2.29. The monoisotopic (exact) mass is 229 g/mol. The van der Waals surface area contributed by atoms with Crippen molar-refractivity contribution >= 4 is 5.84 Å². The summed E-state index contributed by atoms with van der Waals surface area (Å²) in [5, 5.41) is 24.0. The Morgan fingerprint density at radius 3 is 2.62 bits per heavy atom. The zero-order chi connectivity index (χ0) is 12.0. The maximum Gasteiger partial charge on any atom is 0.156 e. The predicted molar refractivity (Wildman–Crippen MR) is 63.4 cm³/mol. The largest absolute Gasteiger partial charge is 0.409 e. The summed E-state index contributed by atoms with van der Waals surface area (Å²) < 4.78 is 0. The third kappa shape index (κ3) is 3.64. The molecule has 1 fully saturated rings. The van der Waals surface area contributed by atoms with Crippen LogP contribution in [0.2, 0.25) is 0 Å². The van der Waals surface area contributed by atoms with E-state index in [1.54, 1.807) is 0 Å². The Kier molecular flexibility index (Phi) is 5.55. The van der Waals surface area contributed by atoms with Crippen molar-refractivity contribution in [2.75, 3.05) is 13.2 Å². The SMILES string of the molecule is CC(NCC1CCCCC1CO)C(N)=NO. The van der Waals surface area contributed by atoms with Crippen molar-refractivity contribution in [2.45, 2.75) is 38.6 Å². The highest BCUT2D eigenvalue weighted by molar-refractivity contribution is 5.84. The van der Waals surface area contributed by atoms with Gasteiger partial charge in [0.2, 0.25) is 0 Å². The number of aliphatic hydroxyl groups excluding tert-OH is 1. The zero-order valence-electron chi connectivity index (χ0n) is 9.89. The minimum absolute atomic E-state index is 0.119. The molecule has 3 unspecified atom stereocenters. The van der Waals surface area contributed by atoms with Crippen LogP contribution in [0.4, 0.5) is 0 Å². The first-order valence-electron chi connectivity index (χ1n) is 6.00. The lowest BCUT2D eigenvalue weighted by Crippen LogP contribution is -2.43. The van der Waals surface area contributed by atoms with Crippen molar-refractivity contribution in [3.63, 3.8) is 0 Å². The van der Waals surface area contributed by atoms with Crippen molar-refractivity contribution in [3.05, 3.63) is 0 Å². The van der Waals surface area contributed by atoms with E-state index < -0.39 is 0 Å². The van der Waals surface area contributed by atoms with E-state index in [4.69, 9.17) is 10.9 Å². The molecular weight excluding hydrogens is 206 g/mol. The van der Waals surface area contributed by atoms with Gasteiger partial charge < -0.3 is 21.4 Å². The number of oxime groups is 1. The van der Waals surface area contributed by atoms with E-state index in [0.29, 0.717) is 11.8 Å². The second-order valence-electron chi connectivity index (χ2n) is 4.64. The van der Waals surface area contributed by atoms with Gasteiger partial charge in [-0.15, -0.1) is 0 Å². The number of nitrogens with zero attached hydrogens (tertiary/aromatic N) is 1. The Labute approximate surface area is 96.7 Å². The van der Waals surface area contributed by atoms with Crippen LogP contribution in [0.15, 0.2) is 5.16 Å². The van der Waals surface area contributed by atoms with Gasteiger partial charge in [-0.2, -0.15) is 0 Å². The Hall–Kier alpha value is -0.810. The Balaban J connectivity index is 2.35. The van der Waals surface area contributed by atoms with Crippen molar-refractivity contribution in [3.8, 4) is 0 Å². The number of hydrogen-bond acceptors (Lipinski definition) is 4. The molecule has 0 radical (unpaired) electrons. The molecule has 5 nitrogen and oxygen atoms in total. The minimum Gasteiger partial charge on any atom is -0.409 e. The lowest BCUT2D eigenvalue weighted by molar-refractivity contribution is 0.132. The van der Waals surface area contributed by atoms with Crippen molar-refractivity contribution in [1.82, 2.24) is 5.32 Å².